The highest BCUT2D eigenvalue weighted by Crippen LogP contribution is 2.60. The van der Waals surface area contributed by atoms with Crippen molar-refractivity contribution in [3.8, 4) is 0 Å². The van der Waals surface area contributed by atoms with E-state index in [2.05, 4.69) is 10.6 Å². The van der Waals surface area contributed by atoms with Gasteiger partial charge >= 0.3 is 0 Å². The van der Waals surface area contributed by atoms with Crippen LogP contribution in [-0.4, -0.2) is 18.4 Å². The van der Waals surface area contributed by atoms with Gasteiger partial charge in [0, 0.05) is 18.4 Å². The van der Waals surface area contributed by atoms with Crippen LogP contribution in [0.2, 0.25) is 0 Å². The van der Waals surface area contributed by atoms with E-state index in [-0.39, 0.29) is 24.3 Å². The maximum atomic E-state index is 13.6. The molecule has 0 unspecified atom stereocenters. The van der Waals surface area contributed by atoms with E-state index in [0.29, 0.717) is 17.8 Å². The summed E-state index contributed by atoms with van der Waals surface area (Å²) in [5.74, 6) is -2.94. The van der Waals surface area contributed by atoms with Crippen LogP contribution in [0.3, 0.4) is 0 Å². The first-order chi connectivity index (χ1) is 12.9. The van der Waals surface area contributed by atoms with Crippen LogP contribution in [0.5, 0.6) is 0 Å². The molecule has 0 aliphatic heterocycles. The van der Waals surface area contributed by atoms with Crippen molar-refractivity contribution in [3.63, 3.8) is 0 Å². The number of hydrogen-bond donors (Lipinski definition) is 2. The minimum absolute atomic E-state index is 0.0217. The van der Waals surface area contributed by atoms with Gasteiger partial charge in [-0.25, -0.2) is 13.2 Å². The number of nitrogens with one attached hydrogen (secondary N) is 2. The minimum Gasteiger partial charge on any atom is -0.355 e. The number of amides is 2. The zero-order chi connectivity index (χ0) is 19.2. The SMILES string of the molecule is O=C(CCNC(=O)C12CC3CC(CC(C3)C1)C2)Nc1ccc(F)c(F)c1F. The molecule has 7 heteroatoms. The van der Waals surface area contributed by atoms with E-state index >= 15 is 0 Å². The van der Waals surface area contributed by atoms with Crippen LogP contribution in [0, 0.1) is 40.6 Å². The lowest BCUT2D eigenvalue weighted by Crippen LogP contribution is -2.53. The zero-order valence-corrected chi connectivity index (χ0v) is 15.0. The number of carbonyl (C=O) groups is 2. The second-order valence-corrected chi connectivity index (χ2v) is 8.47. The molecular weight excluding hydrogens is 357 g/mol. The number of rotatable bonds is 5. The van der Waals surface area contributed by atoms with Gasteiger partial charge in [0.15, 0.2) is 17.5 Å². The number of hydrogen-bond acceptors (Lipinski definition) is 2. The maximum absolute atomic E-state index is 13.6. The molecule has 4 nitrogen and oxygen atoms in total. The van der Waals surface area contributed by atoms with Crippen LogP contribution in [0.1, 0.15) is 44.9 Å². The Morgan fingerprint density at radius 2 is 1.56 bits per heavy atom. The normalized spacial score (nSPS) is 31.0. The van der Waals surface area contributed by atoms with Crippen molar-refractivity contribution in [1.82, 2.24) is 5.32 Å². The number of halogens is 3. The van der Waals surface area contributed by atoms with Crippen LogP contribution < -0.4 is 10.6 Å². The second-order valence-electron chi connectivity index (χ2n) is 8.47. The number of benzene rings is 1. The smallest absolute Gasteiger partial charge is 0.226 e. The Morgan fingerprint density at radius 1 is 0.963 bits per heavy atom. The molecule has 4 aliphatic carbocycles. The van der Waals surface area contributed by atoms with Crippen LogP contribution >= 0.6 is 0 Å². The first kappa shape index (κ1) is 18.3. The first-order valence-corrected chi connectivity index (χ1v) is 9.58. The number of carbonyl (C=O) groups excluding carboxylic acids is 2. The Labute approximate surface area is 155 Å². The van der Waals surface area contributed by atoms with Gasteiger partial charge in [-0.15, -0.1) is 0 Å². The van der Waals surface area contributed by atoms with Gasteiger partial charge in [0.1, 0.15) is 0 Å². The van der Waals surface area contributed by atoms with E-state index in [1.54, 1.807) is 0 Å². The Kier molecular flexibility index (Phi) is 4.64. The van der Waals surface area contributed by atoms with Crippen molar-refractivity contribution in [2.75, 3.05) is 11.9 Å². The summed E-state index contributed by atoms with van der Waals surface area (Å²) < 4.78 is 39.7. The van der Waals surface area contributed by atoms with Gasteiger partial charge in [-0.05, 0) is 68.4 Å². The van der Waals surface area contributed by atoms with Gasteiger partial charge in [-0.1, -0.05) is 0 Å². The first-order valence-electron chi connectivity index (χ1n) is 9.58. The van der Waals surface area contributed by atoms with Crippen molar-refractivity contribution < 1.29 is 22.8 Å². The zero-order valence-electron chi connectivity index (χ0n) is 15.0. The number of anilines is 1. The van der Waals surface area contributed by atoms with E-state index in [1.165, 1.54) is 19.3 Å². The molecule has 0 saturated heterocycles. The summed E-state index contributed by atoms with van der Waals surface area (Å²) in [7, 11) is 0. The van der Waals surface area contributed by atoms with Gasteiger partial charge in [0.2, 0.25) is 11.8 Å². The van der Waals surface area contributed by atoms with Crippen LogP contribution in [-0.2, 0) is 9.59 Å². The molecule has 1 aromatic carbocycles. The molecule has 5 rings (SSSR count). The van der Waals surface area contributed by atoms with Crippen LogP contribution in [0.15, 0.2) is 12.1 Å². The fourth-order valence-electron chi connectivity index (χ4n) is 5.70. The molecule has 2 amide bonds. The fraction of sp³-hybridized carbons (Fsp3) is 0.600. The van der Waals surface area contributed by atoms with E-state index in [4.69, 9.17) is 0 Å². The van der Waals surface area contributed by atoms with E-state index < -0.39 is 29.0 Å². The molecule has 4 aliphatic rings. The summed E-state index contributed by atoms with van der Waals surface area (Å²) in [6.07, 6.45) is 6.50. The molecule has 2 N–H and O–H groups in total. The Bertz CT molecular complexity index is 745. The molecule has 146 valence electrons. The standard InChI is InChI=1S/C20H23F3N2O2/c21-14-1-2-15(18(23)17(14)22)25-16(26)3-4-24-19(27)20-8-11-5-12(9-20)7-13(6-11)10-20/h1-2,11-13H,3-10H2,(H,24,27)(H,25,26). The molecule has 4 saturated carbocycles. The molecular formula is C20H23F3N2O2. The monoisotopic (exact) mass is 380 g/mol. The maximum Gasteiger partial charge on any atom is 0.226 e. The van der Waals surface area contributed by atoms with Gasteiger partial charge in [-0.3, -0.25) is 9.59 Å². The highest BCUT2D eigenvalue weighted by atomic mass is 19.2. The van der Waals surface area contributed by atoms with E-state index in [1.807, 2.05) is 0 Å². The average molecular weight is 380 g/mol. The third-order valence-electron chi connectivity index (χ3n) is 6.47. The van der Waals surface area contributed by atoms with Crippen LogP contribution in [0.4, 0.5) is 18.9 Å². The lowest BCUT2D eigenvalue weighted by molar-refractivity contribution is -0.146. The molecule has 4 fully saturated rings. The molecule has 0 atom stereocenters. The average Bonchev–Trinajstić information content (AvgIpc) is 2.61. The third kappa shape index (κ3) is 3.44. The topological polar surface area (TPSA) is 58.2 Å². The molecule has 0 heterocycles. The Hall–Kier alpha value is -2.05. The summed E-state index contributed by atoms with van der Waals surface area (Å²) in [5, 5.41) is 5.08. The largest absolute Gasteiger partial charge is 0.355 e. The van der Waals surface area contributed by atoms with Crippen molar-refractivity contribution in [1.29, 1.82) is 0 Å². The van der Waals surface area contributed by atoms with Gasteiger partial charge in [0.25, 0.3) is 0 Å². The lowest BCUT2D eigenvalue weighted by Gasteiger charge is -2.55. The minimum atomic E-state index is -1.62. The Balaban J connectivity index is 1.29. The van der Waals surface area contributed by atoms with E-state index in [9.17, 15) is 22.8 Å². The second kappa shape index (κ2) is 6.84. The van der Waals surface area contributed by atoms with Gasteiger partial charge in [-0.2, -0.15) is 0 Å². The molecule has 4 bridgehead atoms. The fourth-order valence-corrected chi connectivity index (χ4v) is 5.70. The van der Waals surface area contributed by atoms with Gasteiger partial charge < -0.3 is 10.6 Å². The molecule has 0 aromatic heterocycles. The predicted molar refractivity (Wildman–Crippen MR) is 93.2 cm³/mol. The molecule has 1 aromatic rings. The van der Waals surface area contributed by atoms with Crippen LogP contribution in [0.25, 0.3) is 0 Å². The predicted octanol–water partition coefficient (Wildman–Crippen LogP) is 3.77. The summed E-state index contributed by atoms with van der Waals surface area (Å²) in [4.78, 5) is 24.7. The van der Waals surface area contributed by atoms with Crippen molar-refractivity contribution in [2.24, 2.45) is 23.2 Å². The van der Waals surface area contributed by atoms with Crippen molar-refractivity contribution >= 4 is 17.5 Å². The summed E-state index contributed by atoms with van der Waals surface area (Å²) >= 11 is 0. The van der Waals surface area contributed by atoms with Gasteiger partial charge in [0.05, 0.1) is 5.69 Å². The quantitative estimate of drug-likeness (QED) is 0.764. The highest BCUT2D eigenvalue weighted by molar-refractivity contribution is 5.91. The molecule has 27 heavy (non-hydrogen) atoms. The van der Waals surface area contributed by atoms with Crippen molar-refractivity contribution in [3.05, 3.63) is 29.6 Å². The third-order valence-corrected chi connectivity index (χ3v) is 6.47. The summed E-state index contributed by atoms with van der Waals surface area (Å²) in [5.41, 5.74) is -0.691. The molecule has 0 radical (unpaired) electrons. The highest BCUT2D eigenvalue weighted by Gasteiger charge is 2.54. The summed E-state index contributed by atoms with van der Waals surface area (Å²) in [6.45, 7) is 0.137. The lowest BCUT2D eigenvalue weighted by atomic mass is 9.49. The van der Waals surface area contributed by atoms with Crippen molar-refractivity contribution in [2.45, 2.75) is 44.9 Å². The van der Waals surface area contributed by atoms with E-state index in [0.717, 1.165) is 31.4 Å². The Morgan fingerprint density at radius 3 is 2.15 bits per heavy atom. The summed E-state index contributed by atoms with van der Waals surface area (Å²) in [6, 6.07) is 1.72. The molecule has 0 spiro atoms.